The van der Waals surface area contributed by atoms with Crippen molar-refractivity contribution < 1.29 is 30.5 Å². The summed E-state index contributed by atoms with van der Waals surface area (Å²) in [6.45, 7) is 8.20. The van der Waals surface area contributed by atoms with Crippen LogP contribution in [0.2, 0.25) is 9.26 Å². The maximum atomic E-state index is 10.9. The van der Waals surface area contributed by atoms with Crippen LogP contribution in [0.4, 0.5) is 0 Å². The molecule has 0 radical (unpaired) electrons. The van der Waals surface area contributed by atoms with Crippen LogP contribution in [0.15, 0.2) is 18.3 Å². The minimum absolute atomic E-state index is 0.178. The Balaban J connectivity index is 2.80. The molecule has 0 amide bonds. The fourth-order valence-electron chi connectivity index (χ4n) is 2.88. The monoisotopic (exact) mass is 393 g/mol. The van der Waals surface area contributed by atoms with Crippen LogP contribution in [0.25, 0.3) is 0 Å². The van der Waals surface area contributed by atoms with Gasteiger partial charge in [-0.1, -0.05) is 0 Å². The molecule has 1 aromatic heterocycles. The number of rotatable bonds is 4. The molecular weight excluding hydrogens is 369 g/mol. The molecule has 1 heterocycles. The Labute approximate surface area is 142 Å². The fraction of sp³-hybridized carbons (Fsp3) is 0.471. The van der Waals surface area contributed by atoms with Crippen LogP contribution in [0, 0.1) is 0 Å². The van der Waals surface area contributed by atoms with E-state index in [2.05, 4.69) is 52.4 Å². The third kappa shape index (κ3) is 3.32. The van der Waals surface area contributed by atoms with Crippen molar-refractivity contribution in [3.63, 3.8) is 0 Å². The van der Waals surface area contributed by atoms with Gasteiger partial charge >= 0.3 is 142 Å². The normalized spacial score (nSPS) is 12.2. The van der Waals surface area contributed by atoms with Crippen LogP contribution >= 0.6 is 0 Å². The first kappa shape index (κ1) is 18.1. The Morgan fingerprint density at radius 3 is 1.87 bits per heavy atom. The molecule has 23 heavy (non-hydrogen) atoms. The van der Waals surface area contributed by atoms with E-state index >= 15 is 0 Å². The number of phenolic OH excluding ortho intramolecular Hbond substituents is 2. The molecule has 0 saturated carbocycles. The summed E-state index contributed by atoms with van der Waals surface area (Å²) >= 11 is -3.29. The predicted molar refractivity (Wildman–Crippen MR) is 88.8 cm³/mol. The molecule has 0 atom stereocenters. The van der Waals surface area contributed by atoms with Gasteiger partial charge in [0, 0.05) is 0 Å². The van der Waals surface area contributed by atoms with Crippen LogP contribution in [-0.4, -0.2) is 25.6 Å². The molecule has 6 heteroatoms. The molecule has 2 aromatic rings. The predicted octanol–water partition coefficient (Wildman–Crippen LogP) is 2.73. The van der Waals surface area contributed by atoms with Crippen molar-refractivity contribution in [3.8, 4) is 11.5 Å². The molecule has 0 aliphatic carbocycles. The van der Waals surface area contributed by atoms with Gasteiger partial charge in [-0.3, -0.25) is 0 Å². The van der Waals surface area contributed by atoms with Crippen LogP contribution in [0.5, 0.6) is 11.5 Å². The summed E-state index contributed by atoms with van der Waals surface area (Å²) in [5.41, 5.74) is 1.77. The topological polar surface area (TPSA) is 79.1 Å². The average Bonchev–Trinajstić information content (AvgIpc) is 2.47. The van der Waals surface area contributed by atoms with Crippen molar-refractivity contribution in [2.75, 3.05) is 0 Å². The van der Waals surface area contributed by atoms with Gasteiger partial charge in [0.25, 0.3) is 0 Å². The summed E-state index contributed by atoms with van der Waals surface area (Å²) in [5, 5.41) is 33.4. The Kier molecular flexibility index (Phi) is 5.24. The second-order valence-electron chi connectivity index (χ2n) is 7.07. The first-order valence-electron chi connectivity index (χ1n) is 7.92. The number of nitrogens with zero attached hydrogens (tertiary/aromatic N) is 3. The second-order valence-corrected chi connectivity index (χ2v) is 17.5. The molecule has 0 aliphatic rings. The molecule has 2 rings (SSSR count). The van der Waals surface area contributed by atoms with Gasteiger partial charge in [-0.15, -0.1) is 0 Å². The van der Waals surface area contributed by atoms with Crippen molar-refractivity contribution in [2.24, 2.45) is 0 Å². The molecule has 0 spiro atoms. The molecule has 0 saturated heterocycles. The average molecular weight is 395 g/mol. The van der Waals surface area contributed by atoms with Gasteiger partial charge in [0.1, 0.15) is 0 Å². The Hall–Kier alpha value is -1.29. The molecule has 1 aromatic carbocycles. The number of hydrogen-bond donors (Lipinski definition) is 2. The molecule has 124 valence electrons. The fourth-order valence-corrected chi connectivity index (χ4v) is 9.06. The zero-order valence-electron chi connectivity index (χ0n) is 14.6. The number of phenols is 2. The van der Waals surface area contributed by atoms with Crippen LogP contribution in [-0.2, 0) is 20.3 Å². The summed E-state index contributed by atoms with van der Waals surface area (Å²) in [7, 11) is 0. The summed E-state index contributed by atoms with van der Waals surface area (Å²) in [6.07, 6.45) is 1.62. The molecular formula is C17H25N3O2Zr. The van der Waals surface area contributed by atoms with Gasteiger partial charge < -0.3 is 0 Å². The van der Waals surface area contributed by atoms with Gasteiger partial charge in [0.15, 0.2) is 0 Å². The Bertz CT molecular complexity index is 668. The zero-order chi connectivity index (χ0) is 17.4. The van der Waals surface area contributed by atoms with Crippen molar-refractivity contribution >= 4 is 6.67 Å². The second kappa shape index (κ2) is 6.68. The number of hydrogen-bond acceptors (Lipinski definition) is 5. The van der Waals surface area contributed by atoms with Crippen LogP contribution < -0.4 is 6.67 Å². The number of aromatic hydroxyl groups is 2. The third-order valence-corrected chi connectivity index (χ3v) is 12.4. The first-order chi connectivity index (χ1) is 10.7. The van der Waals surface area contributed by atoms with Gasteiger partial charge in [-0.05, 0) is 0 Å². The minimum atomic E-state index is -3.29. The van der Waals surface area contributed by atoms with Crippen LogP contribution in [0.1, 0.15) is 50.7 Å². The standard InChI is InChI=1S/C12H17O2.C3H2N3.2CH3.Zr/c1-7(2)9-5-10(8(3)4)12(14)6-11(9)13;1-2-4-6-5-3-1;;;/h5,7-8,13-14H,1-4H3;1-2H;2*1H3;. The van der Waals surface area contributed by atoms with E-state index in [0.29, 0.717) is 3.27 Å². The van der Waals surface area contributed by atoms with Crippen molar-refractivity contribution in [1.82, 2.24) is 15.4 Å². The van der Waals surface area contributed by atoms with E-state index in [1.165, 1.54) is 0 Å². The molecule has 5 nitrogen and oxygen atoms in total. The maximum absolute atomic E-state index is 10.9. The van der Waals surface area contributed by atoms with Crippen LogP contribution in [0.3, 0.4) is 0 Å². The SMILES string of the molecule is CC(C)c1cc(C(C)C)c(O)[c]([Zr]([CH3])([CH3])[c]2ccnnn2)c1O. The zero-order valence-corrected chi connectivity index (χ0v) is 17.1. The van der Waals surface area contributed by atoms with Gasteiger partial charge in [-0.25, -0.2) is 0 Å². The Morgan fingerprint density at radius 1 is 0.957 bits per heavy atom. The molecule has 0 aliphatic heterocycles. The molecule has 2 N–H and O–H groups in total. The van der Waals surface area contributed by atoms with E-state index in [1.807, 2.05) is 12.1 Å². The molecule has 0 unspecified atom stereocenters. The van der Waals surface area contributed by atoms with Gasteiger partial charge in [0.05, 0.1) is 0 Å². The van der Waals surface area contributed by atoms with E-state index in [-0.39, 0.29) is 23.3 Å². The molecule has 0 fully saturated rings. The molecule has 0 bridgehead atoms. The summed E-state index contributed by atoms with van der Waals surface area (Å²) in [6, 6.07) is 3.78. The van der Waals surface area contributed by atoms with Gasteiger partial charge in [0.2, 0.25) is 0 Å². The summed E-state index contributed by atoms with van der Waals surface area (Å²) in [5.74, 6) is 0.803. The van der Waals surface area contributed by atoms with Crippen molar-refractivity contribution in [2.45, 2.75) is 48.8 Å². The van der Waals surface area contributed by atoms with E-state index in [0.717, 1.165) is 14.5 Å². The van der Waals surface area contributed by atoms with E-state index in [9.17, 15) is 10.2 Å². The Morgan fingerprint density at radius 2 is 1.48 bits per heavy atom. The first-order valence-corrected chi connectivity index (χ1v) is 15.3. The van der Waals surface area contributed by atoms with E-state index in [1.54, 1.807) is 6.20 Å². The van der Waals surface area contributed by atoms with Gasteiger partial charge in [-0.2, -0.15) is 0 Å². The van der Waals surface area contributed by atoms with E-state index in [4.69, 9.17) is 0 Å². The summed E-state index contributed by atoms with van der Waals surface area (Å²) < 4.78 is 5.81. The number of aromatic nitrogens is 3. The van der Waals surface area contributed by atoms with Crippen molar-refractivity contribution in [1.29, 1.82) is 0 Å². The number of benzene rings is 1. The van der Waals surface area contributed by atoms with Crippen molar-refractivity contribution in [3.05, 3.63) is 29.5 Å². The summed E-state index contributed by atoms with van der Waals surface area (Å²) in [4.78, 5) is 0. The third-order valence-electron chi connectivity index (χ3n) is 4.34. The van der Waals surface area contributed by atoms with E-state index < -0.39 is 20.3 Å². The quantitative estimate of drug-likeness (QED) is 0.833.